The zero-order chi connectivity index (χ0) is 15.8. The first-order chi connectivity index (χ1) is 9.69. The van der Waals surface area contributed by atoms with Crippen LogP contribution in [0.1, 0.15) is 27.2 Å². The average molecular weight is 303 g/mol. The van der Waals surface area contributed by atoms with Crippen LogP contribution in [0.25, 0.3) is 0 Å². The number of amides is 1. The summed E-state index contributed by atoms with van der Waals surface area (Å²) in [5.74, 6) is -0.961. The van der Waals surface area contributed by atoms with Crippen molar-refractivity contribution < 1.29 is 33.7 Å². The number of carboxylic acids is 1. The molecule has 21 heavy (non-hydrogen) atoms. The third-order valence-electron chi connectivity index (χ3n) is 3.66. The van der Waals surface area contributed by atoms with Crippen molar-refractivity contribution in [1.29, 1.82) is 0 Å². The van der Waals surface area contributed by atoms with Gasteiger partial charge in [-0.3, -0.25) is 0 Å². The fraction of sp³-hybridized carbons (Fsp3) is 0.846. The molecule has 0 aliphatic carbocycles. The zero-order valence-corrected chi connectivity index (χ0v) is 12.8. The number of methoxy groups -OCH3 is 1. The van der Waals surface area contributed by atoms with Gasteiger partial charge in [-0.25, -0.2) is 9.59 Å². The first kappa shape index (κ1) is 16.0. The van der Waals surface area contributed by atoms with Gasteiger partial charge in [0, 0.05) is 13.5 Å². The van der Waals surface area contributed by atoms with E-state index in [2.05, 4.69) is 5.32 Å². The van der Waals surface area contributed by atoms with Crippen molar-refractivity contribution in [3.8, 4) is 0 Å². The van der Waals surface area contributed by atoms with Crippen LogP contribution in [0.2, 0.25) is 0 Å². The Morgan fingerprint density at radius 3 is 2.62 bits per heavy atom. The summed E-state index contributed by atoms with van der Waals surface area (Å²) in [6.45, 7) is 5.97. The quantitative estimate of drug-likeness (QED) is 0.566. The van der Waals surface area contributed by atoms with Gasteiger partial charge in [-0.2, -0.15) is 0 Å². The van der Waals surface area contributed by atoms with E-state index in [9.17, 15) is 14.7 Å². The summed E-state index contributed by atoms with van der Waals surface area (Å²) in [6, 6.07) is -1.01. The molecule has 0 spiro atoms. The number of fused-ring (bicyclic) bond motifs is 1. The Morgan fingerprint density at radius 2 is 2.14 bits per heavy atom. The van der Waals surface area contributed by atoms with Gasteiger partial charge in [-0.05, 0) is 20.8 Å². The van der Waals surface area contributed by atoms with Crippen molar-refractivity contribution in [2.75, 3.05) is 20.3 Å². The van der Waals surface area contributed by atoms with Gasteiger partial charge in [0.2, 0.25) is 6.04 Å². The second-order valence-electron chi connectivity index (χ2n) is 6.42. The lowest BCUT2D eigenvalue weighted by Gasteiger charge is -2.20. The maximum Gasteiger partial charge on any atom is 0.408 e. The van der Waals surface area contributed by atoms with Crippen molar-refractivity contribution in [3.05, 3.63) is 0 Å². The van der Waals surface area contributed by atoms with Gasteiger partial charge in [0.25, 0.3) is 6.23 Å². The van der Waals surface area contributed by atoms with E-state index in [0.717, 1.165) is 0 Å². The lowest BCUT2D eigenvalue weighted by Crippen LogP contribution is -2.47. The molecule has 1 amide bonds. The number of hydrogen-bond donors (Lipinski definition) is 2. The maximum absolute atomic E-state index is 11.8. The molecule has 0 aromatic rings. The molecule has 2 N–H and O–H groups in total. The molecule has 8 nitrogen and oxygen atoms in total. The summed E-state index contributed by atoms with van der Waals surface area (Å²) < 4.78 is 10.2. The van der Waals surface area contributed by atoms with Gasteiger partial charge >= 0.3 is 12.1 Å². The summed E-state index contributed by atoms with van der Waals surface area (Å²) in [4.78, 5) is 28.7. The number of ether oxygens (including phenoxy) is 2. The first-order valence-corrected chi connectivity index (χ1v) is 6.97. The van der Waals surface area contributed by atoms with Crippen LogP contribution in [0.15, 0.2) is 0 Å². The molecule has 2 rings (SSSR count). The third kappa shape index (κ3) is 3.28. The molecular formula is C13H23N2O6+. The number of nitrogens with one attached hydrogen (secondary N) is 1. The van der Waals surface area contributed by atoms with Crippen molar-refractivity contribution >= 4 is 12.1 Å². The van der Waals surface area contributed by atoms with E-state index in [1.807, 2.05) is 0 Å². The Bertz CT molecular complexity index is 435. The highest BCUT2D eigenvalue weighted by Crippen LogP contribution is 2.46. The fourth-order valence-electron chi connectivity index (χ4n) is 2.77. The largest absolute Gasteiger partial charge is 0.477 e. The Morgan fingerprint density at radius 1 is 1.48 bits per heavy atom. The van der Waals surface area contributed by atoms with Gasteiger partial charge in [0.05, 0.1) is 0 Å². The summed E-state index contributed by atoms with van der Waals surface area (Å²) >= 11 is 0. The Kier molecular flexibility index (Phi) is 4.14. The third-order valence-corrected chi connectivity index (χ3v) is 3.66. The first-order valence-electron chi connectivity index (χ1n) is 6.97. The number of nitrogens with zero attached hydrogens (tertiary/aromatic N) is 1. The predicted octanol–water partition coefficient (Wildman–Crippen LogP) is 0.471. The molecule has 0 radical (unpaired) electrons. The number of hydroxylamine groups is 3. The smallest absolute Gasteiger partial charge is 0.408 e. The van der Waals surface area contributed by atoms with Crippen LogP contribution >= 0.6 is 0 Å². The molecule has 2 heterocycles. The summed E-state index contributed by atoms with van der Waals surface area (Å²) in [5.41, 5.74) is -0.571. The molecule has 0 aromatic carbocycles. The van der Waals surface area contributed by atoms with Gasteiger partial charge in [0.15, 0.2) is 0 Å². The Hall–Kier alpha value is -1.38. The summed E-state index contributed by atoms with van der Waals surface area (Å²) in [6.07, 6.45) is -0.201. The molecule has 2 saturated heterocycles. The van der Waals surface area contributed by atoms with Gasteiger partial charge < -0.3 is 19.9 Å². The normalized spacial score (nSPS) is 32.2. The molecule has 2 fully saturated rings. The van der Waals surface area contributed by atoms with Crippen LogP contribution in [-0.4, -0.2) is 66.0 Å². The van der Waals surface area contributed by atoms with E-state index >= 15 is 0 Å². The van der Waals surface area contributed by atoms with Crippen LogP contribution in [0.5, 0.6) is 0 Å². The highest BCUT2D eigenvalue weighted by molar-refractivity contribution is 5.72. The minimum Gasteiger partial charge on any atom is -0.477 e. The maximum atomic E-state index is 11.8. The Balaban J connectivity index is 1.94. The molecule has 8 heteroatoms. The molecule has 0 saturated carbocycles. The summed E-state index contributed by atoms with van der Waals surface area (Å²) in [5, 5.41) is 12.0. The minimum absolute atomic E-state index is 0.0175. The van der Waals surface area contributed by atoms with Crippen molar-refractivity contribution in [2.24, 2.45) is 0 Å². The van der Waals surface area contributed by atoms with Gasteiger partial charge in [-0.15, -0.1) is 9.48 Å². The fourth-order valence-corrected chi connectivity index (χ4v) is 2.77. The zero-order valence-electron chi connectivity index (χ0n) is 12.8. The molecule has 2 aliphatic heterocycles. The number of carboxylic acid groups (broad SMARTS) is 1. The molecule has 120 valence electrons. The van der Waals surface area contributed by atoms with E-state index in [-0.39, 0.29) is 23.5 Å². The van der Waals surface area contributed by atoms with Crippen molar-refractivity contribution in [2.45, 2.75) is 51.1 Å². The van der Waals surface area contributed by atoms with Crippen molar-refractivity contribution in [3.63, 3.8) is 0 Å². The highest BCUT2D eigenvalue weighted by Gasteiger charge is 2.73. The molecule has 2 aliphatic rings. The van der Waals surface area contributed by atoms with E-state index in [4.69, 9.17) is 14.3 Å². The van der Waals surface area contributed by atoms with Gasteiger partial charge in [-0.1, -0.05) is 0 Å². The van der Waals surface area contributed by atoms with Crippen LogP contribution in [0, 0.1) is 0 Å². The average Bonchev–Trinajstić information content (AvgIpc) is 2.96. The van der Waals surface area contributed by atoms with Crippen molar-refractivity contribution in [1.82, 2.24) is 5.32 Å². The number of alkyl carbamates (subject to hydrolysis) is 1. The van der Waals surface area contributed by atoms with E-state index in [1.165, 1.54) is 7.11 Å². The number of rotatable bonds is 5. The minimum atomic E-state index is -0.961. The van der Waals surface area contributed by atoms with E-state index in [1.54, 1.807) is 20.8 Å². The summed E-state index contributed by atoms with van der Waals surface area (Å²) in [7, 11) is 1.46. The lowest BCUT2D eigenvalue weighted by atomic mass is 10.2. The van der Waals surface area contributed by atoms with E-state index in [0.29, 0.717) is 13.0 Å². The van der Waals surface area contributed by atoms with Gasteiger partial charge in [0.1, 0.15) is 24.8 Å². The topological polar surface area (TPSA) is 97.4 Å². The van der Waals surface area contributed by atoms with E-state index < -0.39 is 23.7 Å². The predicted molar refractivity (Wildman–Crippen MR) is 71.1 cm³/mol. The number of hydrogen-bond acceptors (Lipinski definition) is 5. The highest BCUT2D eigenvalue weighted by atomic mass is 16.9. The second kappa shape index (κ2) is 5.43. The lowest BCUT2D eigenvalue weighted by molar-refractivity contribution is -0.931. The molecular weight excluding hydrogens is 280 g/mol. The van der Waals surface area contributed by atoms with Crippen LogP contribution in [0.4, 0.5) is 4.79 Å². The van der Waals surface area contributed by atoms with Crippen LogP contribution in [-0.2, 0) is 19.1 Å². The molecule has 0 bridgehead atoms. The number of carbonyl (C=O) groups excluding carboxylic acids is 1. The SMILES string of the molecule is COC[C@@H](C(=O)O)[N+]12CC[C@H](NC(=O)OC(C)(C)C)C1O2. The molecule has 4 atom stereocenters. The van der Waals surface area contributed by atoms with Crippen LogP contribution in [0.3, 0.4) is 0 Å². The monoisotopic (exact) mass is 303 g/mol. The number of carbonyl (C=O) groups is 2. The number of quaternary nitrogens is 1. The molecule has 0 aromatic heterocycles. The Labute approximate surface area is 123 Å². The van der Waals surface area contributed by atoms with Crippen LogP contribution < -0.4 is 5.32 Å². The number of aliphatic carboxylic acids is 1. The standard InChI is InChI=1S/C13H22N2O6/c1-13(2,3)20-12(18)14-8-5-6-15(10(8)21-15)9(7-19-4)11(16)17/h8-10H,5-7H2,1-4H3,(H-,14,16,17,18)/p+1/t8-,9-,10?,15?/m0/s1. The molecule has 2 unspecified atom stereocenters. The second-order valence-corrected chi connectivity index (χ2v) is 6.42.